The van der Waals surface area contributed by atoms with E-state index in [2.05, 4.69) is 12.0 Å². The van der Waals surface area contributed by atoms with Gasteiger partial charge in [0.25, 0.3) is 0 Å². The second kappa shape index (κ2) is 5.10. The lowest BCUT2D eigenvalue weighted by atomic mass is 10.1. The molecule has 2 rings (SSSR count). The number of aliphatic hydroxyl groups is 1. The van der Waals surface area contributed by atoms with Gasteiger partial charge in [-0.15, -0.1) is 0 Å². The molecule has 0 aliphatic heterocycles. The number of benzene rings is 1. The second-order valence-electron chi connectivity index (χ2n) is 3.96. The predicted molar refractivity (Wildman–Crippen MR) is 63.8 cm³/mol. The molecule has 0 amide bonds. The number of aryl methyl sites for hydroxylation is 1. The fourth-order valence-corrected chi connectivity index (χ4v) is 1.72. The number of hydrogen-bond acceptors (Lipinski definition) is 2. The van der Waals surface area contributed by atoms with Gasteiger partial charge in [-0.1, -0.05) is 19.1 Å². The molecule has 2 aromatic rings. The van der Waals surface area contributed by atoms with E-state index in [4.69, 9.17) is 5.11 Å². The van der Waals surface area contributed by atoms with E-state index in [9.17, 15) is 4.39 Å². The molecule has 0 radical (unpaired) electrons. The van der Waals surface area contributed by atoms with E-state index in [0.29, 0.717) is 5.56 Å². The maximum atomic E-state index is 13.5. The van der Waals surface area contributed by atoms with Crippen LogP contribution in [0.2, 0.25) is 0 Å². The van der Waals surface area contributed by atoms with Crippen molar-refractivity contribution in [3.63, 3.8) is 0 Å². The van der Waals surface area contributed by atoms with E-state index in [1.807, 2.05) is 10.9 Å². The number of hydrogen-bond donors (Lipinski definition) is 1. The zero-order valence-corrected chi connectivity index (χ0v) is 9.73. The molecule has 0 saturated heterocycles. The highest BCUT2D eigenvalue weighted by molar-refractivity contribution is 5.62. The number of aliphatic hydroxyl groups excluding tert-OH is 1. The van der Waals surface area contributed by atoms with Crippen molar-refractivity contribution < 1.29 is 9.50 Å². The highest BCUT2D eigenvalue weighted by Gasteiger charge is 2.06. The maximum Gasteiger partial charge on any atom is 0.129 e. The third-order valence-electron chi connectivity index (χ3n) is 2.64. The zero-order valence-electron chi connectivity index (χ0n) is 9.73. The summed E-state index contributed by atoms with van der Waals surface area (Å²) in [5.74, 6) is -0.381. The first-order valence-electron chi connectivity index (χ1n) is 5.66. The molecule has 0 spiro atoms. The molecular formula is C13H15FN2O. The third kappa shape index (κ3) is 2.53. The minimum absolute atomic E-state index is 0.277. The summed E-state index contributed by atoms with van der Waals surface area (Å²) in [6, 6.07) is 4.82. The molecule has 1 aromatic carbocycles. The molecule has 0 aliphatic rings. The molecule has 0 unspecified atom stereocenters. The lowest BCUT2D eigenvalue weighted by Crippen LogP contribution is -1.95. The molecule has 1 heterocycles. The van der Waals surface area contributed by atoms with Crippen molar-refractivity contribution in [2.75, 3.05) is 0 Å². The fourth-order valence-electron chi connectivity index (χ4n) is 1.72. The van der Waals surface area contributed by atoms with E-state index >= 15 is 0 Å². The van der Waals surface area contributed by atoms with Crippen molar-refractivity contribution in [2.45, 2.75) is 26.5 Å². The Bertz CT molecular complexity index is 508. The molecule has 3 nitrogen and oxygen atoms in total. The predicted octanol–water partition coefficient (Wildman–Crippen LogP) is 2.59. The Labute approximate surface area is 99.5 Å². The average Bonchev–Trinajstić information content (AvgIpc) is 2.78. The van der Waals surface area contributed by atoms with Gasteiger partial charge in [0.15, 0.2) is 0 Å². The van der Waals surface area contributed by atoms with Gasteiger partial charge in [0.1, 0.15) is 5.82 Å². The molecule has 1 N–H and O–H groups in total. The molecule has 90 valence electrons. The summed E-state index contributed by atoms with van der Waals surface area (Å²) in [5.41, 5.74) is 1.98. The van der Waals surface area contributed by atoms with Crippen LogP contribution in [0.3, 0.4) is 0 Å². The maximum absolute atomic E-state index is 13.5. The first-order chi connectivity index (χ1) is 8.24. The summed E-state index contributed by atoms with van der Waals surface area (Å²) in [4.78, 5) is 0. The van der Waals surface area contributed by atoms with E-state index in [0.717, 1.165) is 24.1 Å². The Morgan fingerprint density at radius 2 is 2.18 bits per heavy atom. The lowest BCUT2D eigenvalue weighted by molar-refractivity contribution is 0.276. The molecule has 0 saturated carbocycles. The molecule has 4 heteroatoms. The Kier molecular flexibility index (Phi) is 3.54. The quantitative estimate of drug-likeness (QED) is 0.883. The van der Waals surface area contributed by atoms with Crippen LogP contribution in [0.4, 0.5) is 4.39 Å². The third-order valence-corrected chi connectivity index (χ3v) is 2.64. The van der Waals surface area contributed by atoms with Crippen molar-refractivity contribution in [3.8, 4) is 11.1 Å². The van der Waals surface area contributed by atoms with Crippen LogP contribution in [0.25, 0.3) is 11.1 Å². The SMILES string of the molecule is CCCn1cc(-c2ccc(CO)c(F)c2)cn1. The molecule has 1 aromatic heterocycles. The Balaban J connectivity index is 2.29. The van der Waals surface area contributed by atoms with Crippen LogP contribution in [0.1, 0.15) is 18.9 Å². The van der Waals surface area contributed by atoms with Gasteiger partial charge in [0.05, 0.1) is 12.8 Å². The summed E-state index contributed by atoms with van der Waals surface area (Å²) in [6.07, 6.45) is 4.64. The van der Waals surface area contributed by atoms with Gasteiger partial charge in [-0.05, 0) is 18.1 Å². The van der Waals surface area contributed by atoms with Crippen LogP contribution in [-0.4, -0.2) is 14.9 Å². The number of aromatic nitrogens is 2. The highest BCUT2D eigenvalue weighted by atomic mass is 19.1. The Hall–Kier alpha value is -1.68. The van der Waals surface area contributed by atoms with Crippen molar-refractivity contribution in [1.29, 1.82) is 0 Å². The van der Waals surface area contributed by atoms with E-state index in [1.165, 1.54) is 6.07 Å². The van der Waals surface area contributed by atoms with Gasteiger partial charge in [0.2, 0.25) is 0 Å². The molecule has 0 bridgehead atoms. The van der Waals surface area contributed by atoms with Crippen molar-refractivity contribution in [2.24, 2.45) is 0 Å². The minimum atomic E-state index is -0.381. The Morgan fingerprint density at radius 3 is 2.82 bits per heavy atom. The van der Waals surface area contributed by atoms with Crippen LogP contribution < -0.4 is 0 Å². The van der Waals surface area contributed by atoms with Crippen molar-refractivity contribution >= 4 is 0 Å². The zero-order chi connectivity index (χ0) is 12.3. The molecule has 0 atom stereocenters. The highest BCUT2D eigenvalue weighted by Crippen LogP contribution is 2.21. The number of nitrogens with zero attached hydrogens (tertiary/aromatic N) is 2. The number of halogens is 1. The monoisotopic (exact) mass is 234 g/mol. The number of rotatable bonds is 4. The van der Waals surface area contributed by atoms with E-state index in [1.54, 1.807) is 18.3 Å². The van der Waals surface area contributed by atoms with Gasteiger partial charge in [-0.3, -0.25) is 4.68 Å². The van der Waals surface area contributed by atoms with Gasteiger partial charge in [-0.25, -0.2) is 4.39 Å². The smallest absolute Gasteiger partial charge is 0.129 e. The van der Waals surface area contributed by atoms with Crippen LogP contribution in [0, 0.1) is 5.82 Å². The van der Waals surface area contributed by atoms with Crippen molar-refractivity contribution in [3.05, 3.63) is 42.0 Å². The fraction of sp³-hybridized carbons (Fsp3) is 0.308. The van der Waals surface area contributed by atoms with E-state index in [-0.39, 0.29) is 12.4 Å². The summed E-state index contributed by atoms with van der Waals surface area (Å²) in [6.45, 7) is 2.66. The van der Waals surface area contributed by atoms with Crippen molar-refractivity contribution in [1.82, 2.24) is 9.78 Å². The van der Waals surface area contributed by atoms with Crippen LogP contribution in [0.5, 0.6) is 0 Å². The second-order valence-corrected chi connectivity index (χ2v) is 3.96. The molecular weight excluding hydrogens is 219 g/mol. The van der Waals surface area contributed by atoms with Crippen LogP contribution >= 0.6 is 0 Å². The van der Waals surface area contributed by atoms with Crippen LogP contribution in [-0.2, 0) is 13.2 Å². The largest absolute Gasteiger partial charge is 0.392 e. The molecule has 17 heavy (non-hydrogen) atoms. The van der Waals surface area contributed by atoms with Gasteiger partial charge in [-0.2, -0.15) is 5.10 Å². The van der Waals surface area contributed by atoms with Gasteiger partial charge < -0.3 is 5.11 Å². The van der Waals surface area contributed by atoms with Gasteiger partial charge in [0, 0.05) is 23.9 Å². The lowest BCUT2D eigenvalue weighted by Gasteiger charge is -2.02. The summed E-state index contributed by atoms with van der Waals surface area (Å²) < 4.78 is 15.3. The average molecular weight is 234 g/mol. The Morgan fingerprint density at radius 1 is 1.35 bits per heavy atom. The molecule has 0 fully saturated rings. The summed E-state index contributed by atoms with van der Waals surface area (Å²) >= 11 is 0. The summed E-state index contributed by atoms with van der Waals surface area (Å²) in [7, 11) is 0. The van der Waals surface area contributed by atoms with E-state index < -0.39 is 0 Å². The molecule has 0 aliphatic carbocycles. The first kappa shape index (κ1) is 11.8. The summed E-state index contributed by atoms with van der Waals surface area (Å²) in [5, 5.41) is 13.1. The standard InChI is InChI=1S/C13H15FN2O/c1-2-5-16-8-12(7-15-16)10-3-4-11(9-17)13(14)6-10/h3-4,6-8,17H,2,5,9H2,1H3. The topological polar surface area (TPSA) is 38.0 Å². The van der Waals surface area contributed by atoms with Crippen LogP contribution in [0.15, 0.2) is 30.6 Å². The minimum Gasteiger partial charge on any atom is -0.392 e. The van der Waals surface area contributed by atoms with Gasteiger partial charge >= 0.3 is 0 Å². The normalized spacial score (nSPS) is 10.8. The first-order valence-corrected chi connectivity index (χ1v) is 5.66.